The molecule has 1 unspecified atom stereocenters. The normalized spacial score (nSPS) is 14.5. The summed E-state index contributed by atoms with van der Waals surface area (Å²) in [6, 6.07) is 10.4. The number of benzene rings is 2. The number of alkyl halides is 3. The van der Waals surface area contributed by atoms with Crippen LogP contribution in [0.1, 0.15) is 70.2 Å². The van der Waals surface area contributed by atoms with Crippen molar-refractivity contribution in [1.82, 2.24) is 25.2 Å². The number of aromatic nitrogens is 1. The number of nitrogens with one attached hydrogen (secondary N) is 2. The molecule has 0 fully saturated rings. The van der Waals surface area contributed by atoms with Gasteiger partial charge in [0.05, 0.1) is 12.1 Å². The van der Waals surface area contributed by atoms with E-state index in [0.29, 0.717) is 19.3 Å². The van der Waals surface area contributed by atoms with Crippen molar-refractivity contribution in [3.05, 3.63) is 95.8 Å². The molecular formula is C40H45F5N6O8. The Labute approximate surface area is 336 Å². The van der Waals surface area contributed by atoms with Crippen LogP contribution in [0, 0.1) is 17.0 Å². The molecule has 14 nitrogen and oxygen atoms in total. The molecule has 3 atom stereocenters. The van der Waals surface area contributed by atoms with E-state index >= 15 is 4.39 Å². The molecular weight excluding hydrogens is 787 g/mol. The minimum atomic E-state index is -5.57. The van der Waals surface area contributed by atoms with Crippen LogP contribution >= 0.6 is 0 Å². The summed E-state index contributed by atoms with van der Waals surface area (Å²) in [4.78, 5) is 76.3. The number of halogens is 5. The second-order valence-electron chi connectivity index (χ2n) is 14.9. The van der Waals surface area contributed by atoms with Crippen molar-refractivity contribution in [2.24, 2.45) is 11.1 Å². The number of esters is 1. The van der Waals surface area contributed by atoms with Gasteiger partial charge >= 0.3 is 12.1 Å². The first-order valence-corrected chi connectivity index (χ1v) is 18.5. The molecule has 2 aromatic carbocycles. The lowest BCUT2D eigenvalue weighted by molar-refractivity contribution is -0.222. The molecule has 0 radical (unpaired) electrons. The maximum atomic E-state index is 15.1. The van der Waals surface area contributed by atoms with Crippen molar-refractivity contribution in [3.63, 3.8) is 0 Å². The number of rotatable bonds is 17. The van der Waals surface area contributed by atoms with E-state index < -0.39 is 90.1 Å². The van der Waals surface area contributed by atoms with Crippen molar-refractivity contribution >= 4 is 35.5 Å². The average molecular weight is 833 g/mol. The summed E-state index contributed by atoms with van der Waals surface area (Å²) in [6.45, 7) is 4.70. The van der Waals surface area contributed by atoms with Crippen LogP contribution in [0.25, 0.3) is 11.1 Å². The summed E-state index contributed by atoms with van der Waals surface area (Å²) in [7, 11) is 0. The largest absolute Gasteiger partial charge is 0.491 e. The molecule has 5 N–H and O–H groups in total. The molecule has 5 amide bonds. The summed E-state index contributed by atoms with van der Waals surface area (Å²) in [5.41, 5.74) is 10.4. The van der Waals surface area contributed by atoms with Crippen molar-refractivity contribution in [2.45, 2.75) is 84.0 Å². The molecule has 0 saturated carbocycles. The smallest absolute Gasteiger partial charge is 0.419 e. The van der Waals surface area contributed by atoms with E-state index in [0.717, 1.165) is 33.6 Å². The number of imide groups is 1. The molecule has 3 aromatic rings. The van der Waals surface area contributed by atoms with Crippen molar-refractivity contribution in [1.29, 1.82) is 0 Å². The fraction of sp³-hybridized carbons (Fsp3) is 0.400. The first-order chi connectivity index (χ1) is 27.7. The first-order valence-electron chi connectivity index (χ1n) is 18.5. The van der Waals surface area contributed by atoms with Crippen molar-refractivity contribution in [3.8, 4) is 11.1 Å². The fourth-order valence-electron chi connectivity index (χ4n) is 6.42. The number of amides is 5. The van der Waals surface area contributed by atoms with Crippen LogP contribution < -0.4 is 16.6 Å². The number of aliphatic hydroxyl groups is 1. The summed E-state index contributed by atoms with van der Waals surface area (Å²) < 4.78 is 74.6. The van der Waals surface area contributed by atoms with Crippen molar-refractivity contribution in [2.75, 3.05) is 13.1 Å². The second kappa shape index (κ2) is 19.7. The highest BCUT2D eigenvalue weighted by molar-refractivity contribution is 6.12. The van der Waals surface area contributed by atoms with E-state index in [-0.39, 0.29) is 36.3 Å². The fourth-order valence-corrected chi connectivity index (χ4v) is 6.42. The van der Waals surface area contributed by atoms with Gasteiger partial charge in [0, 0.05) is 61.2 Å². The summed E-state index contributed by atoms with van der Waals surface area (Å²) >= 11 is 0. The highest BCUT2D eigenvalue weighted by Gasteiger charge is 2.45. The van der Waals surface area contributed by atoms with Gasteiger partial charge in [-0.25, -0.2) is 13.6 Å². The van der Waals surface area contributed by atoms with Crippen LogP contribution in [-0.2, 0) is 40.0 Å². The Morgan fingerprint density at radius 1 is 0.915 bits per heavy atom. The lowest BCUT2D eigenvalue weighted by Crippen LogP contribution is -2.52. The molecule has 19 heteroatoms. The number of hydrogen-bond acceptors (Lipinski definition) is 9. The molecule has 2 heterocycles. The van der Waals surface area contributed by atoms with Crippen LogP contribution in [0.5, 0.6) is 0 Å². The highest BCUT2D eigenvalue weighted by atomic mass is 19.4. The van der Waals surface area contributed by atoms with Gasteiger partial charge in [0.1, 0.15) is 11.6 Å². The Balaban J connectivity index is 1.57. The minimum absolute atomic E-state index is 0.0378. The Kier molecular flexibility index (Phi) is 15.2. The van der Waals surface area contributed by atoms with E-state index in [1.54, 1.807) is 55.7 Å². The van der Waals surface area contributed by atoms with Gasteiger partial charge in [-0.3, -0.25) is 39.7 Å². The van der Waals surface area contributed by atoms with E-state index in [1.165, 1.54) is 24.4 Å². The number of hydrazine groups is 1. The zero-order valence-corrected chi connectivity index (χ0v) is 32.4. The van der Waals surface area contributed by atoms with Gasteiger partial charge in [-0.15, -0.1) is 0 Å². The molecule has 1 aromatic heterocycles. The zero-order valence-electron chi connectivity index (χ0n) is 32.4. The van der Waals surface area contributed by atoms with Gasteiger partial charge in [-0.1, -0.05) is 57.5 Å². The number of aliphatic hydroxyl groups excluding tert-OH is 1. The predicted molar refractivity (Wildman–Crippen MR) is 201 cm³/mol. The average Bonchev–Trinajstić information content (AvgIpc) is 3.72. The maximum absolute atomic E-state index is 15.1. The summed E-state index contributed by atoms with van der Waals surface area (Å²) in [6.07, 6.45) is -3.88. The number of unbranched alkanes of at least 4 members (excludes halogenated alkanes) is 2. The molecule has 0 bridgehead atoms. The summed E-state index contributed by atoms with van der Waals surface area (Å²) in [5.74, 6) is -8.23. The Hall–Kier alpha value is -5.95. The van der Waals surface area contributed by atoms with E-state index in [4.69, 9.17) is 5.73 Å². The van der Waals surface area contributed by atoms with Gasteiger partial charge in [0.2, 0.25) is 5.91 Å². The first kappa shape index (κ1) is 45.7. The maximum Gasteiger partial charge on any atom is 0.491 e. The highest BCUT2D eigenvalue weighted by Crippen LogP contribution is 2.41. The topological polar surface area (TPSA) is 193 Å². The third-order valence-electron chi connectivity index (χ3n) is 9.25. The van der Waals surface area contributed by atoms with Crippen LogP contribution in [-0.4, -0.2) is 86.6 Å². The summed E-state index contributed by atoms with van der Waals surface area (Å²) in [5, 5.41) is 10.6. The number of hydrogen-bond donors (Lipinski definition) is 4. The lowest BCUT2D eigenvalue weighted by Gasteiger charge is -2.41. The lowest BCUT2D eigenvalue weighted by atomic mass is 9.82. The van der Waals surface area contributed by atoms with Crippen LogP contribution in [0.3, 0.4) is 0 Å². The zero-order chi connectivity index (χ0) is 43.7. The third kappa shape index (κ3) is 12.5. The quantitative estimate of drug-likeness (QED) is 0.0386. The number of carbonyl (C=O) groups excluding carboxylic acids is 6. The van der Waals surface area contributed by atoms with Crippen LogP contribution in [0.2, 0.25) is 0 Å². The molecule has 0 aliphatic carbocycles. The van der Waals surface area contributed by atoms with Crippen molar-refractivity contribution < 1.29 is 60.6 Å². The van der Waals surface area contributed by atoms with E-state index in [1.807, 2.05) is 0 Å². The van der Waals surface area contributed by atoms with E-state index in [9.17, 15) is 51.4 Å². The van der Waals surface area contributed by atoms with Gasteiger partial charge in [0.25, 0.3) is 29.9 Å². The minimum Gasteiger partial charge on any atom is -0.419 e. The Morgan fingerprint density at radius 2 is 1.58 bits per heavy atom. The number of nitrogens with two attached hydrogens (primary N) is 1. The Morgan fingerprint density at radius 3 is 2.20 bits per heavy atom. The molecule has 4 rings (SSSR count). The van der Waals surface area contributed by atoms with Crippen LogP contribution in [0.4, 0.5) is 22.0 Å². The number of nitrogens with zero attached hydrogens (tertiary/aromatic N) is 3. The van der Waals surface area contributed by atoms with Crippen LogP contribution in [0.15, 0.2) is 72.9 Å². The molecule has 59 heavy (non-hydrogen) atoms. The SMILES string of the molecule is CC(C)(C)[C@H](c1cc(-c2cc(F)ccc2F)cn1Cc1ccccc1)N(CC[C@H](N)C(=O)NNC(=O)CCCCCN1C(=O)C=CC1=O)C(=O)C(O)OC(=O)C(F)(F)F. The van der Waals surface area contributed by atoms with Gasteiger partial charge in [-0.2, -0.15) is 13.2 Å². The second-order valence-corrected chi connectivity index (χ2v) is 14.9. The van der Waals surface area contributed by atoms with Gasteiger partial charge in [-0.05, 0) is 54.5 Å². The van der Waals surface area contributed by atoms with Gasteiger partial charge < -0.3 is 25.0 Å². The standard InChI is InChI=1S/C40H45F5N6O8/c1-39(2,3)34(30-20-25(27-21-26(41)13-14-28(27)42)23-49(30)22-24-10-6-4-7-11-24)51(36(56)37(57)59-38(58)40(43,44)45)19-17-29(46)35(55)48-47-31(52)12-8-5-9-18-50-32(53)15-16-33(50)54/h4,6-7,10-11,13-16,20-21,23,29,34,37,57H,5,8-9,12,17-19,22,46H2,1-3H3,(H,47,52)(H,48,55)/t29-,34-,37?/m0/s1. The third-order valence-corrected chi connectivity index (χ3v) is 9.25. The van der Waals surface area contributed by atoms with E-state index in [2.05, 4.69) is 15.6 Å². The predicted octanol–water partition coefficient (Wildman–Crippen LogP) is 4.17. The monoisotopic (exact) mass is 832 g/mol. The molecule has 1 aliphatic rings. The molecule has 318 valence electrons. The molecule has 0 spiro atoms. The molecule has 0 saturated heterocycles. The number of carbonyl (C=O) groups is 6. The molecule has 1 aliphatic heterocycles. The Bertz CT molecular complexity index is 2030. The van der Waals surface area contributed by atoms with Gasteiger partial charge in [0.15, 0.2) is 0 Å². The number of ether oxygens (including phenoxy) is 1.